The van der Waals surface area contributed by atoms with Crippen LogP contribution in [0.3, 0.4) is 0 Å². The zero-order valence-electron chi connectivity index (χ0n) is 25.5. The number of nitrogens with zero attached hydrogens (tertiary/aromatic N) is 4. The minimum atomic E-state index is -0.863. The number of rotatable bonds is 8. The highest BCUT2D eigenvalue weighted by Crippen LogP contribution is 2.40. The summed E-state index contributed by atoms with van der Waals surface area (Å²) in [4.78, 5) is 18.9. The van der Waals surface area contributed by atoms with Crippen LogP contribution in [0.4, 0.5) is 4.79 Å². The van der Waals surface area contributed by atoms with Crippen molar-refractivity contribution in [3.8, 4) is 12.1 Å². The number of hydrogen-bond acceptors (Lipinski definition) is 5. The fourth-order valence-electron chi connectivity index (χ4n) is 6.62. The molecular weight excluding hydrogens is 560 g/mol. The lowest BCUT2D eigenvalue weighted by Crippen LogP contribution is -2.51. The van der Waals surface area contributed by atoms with E-state index in [1.54, 1.807) is 12.1 Å². The molecule has 4 aromatic carbocycles. The Morgan fingerprint density at radius 1 is 0.622 bits per heavy atom. The maximum absolute atomic E-state index is 15.1. The molecule has 0 spiro atoms. The molecule has 0 aliphatic carbocycles. The van der Waals surface area contributed by atoms with Crippen LogP contribution >= 0.6 is 0 Å². The van der Waals surface area contributed by atoms with Crippen molar-refractivity contribution in [1.82, 2.24) is 9.80 Å². The van der Waals surface area contributed by atoms with E-state index in [4.69, 9.17) is 9.47 Å². The number of carbonyl (C=O) groups is 1. The van der Waals surface area contributed by atoms with Crippen LogP contribution in [0.5, 0.6) is 0 Å². The van der Waals surface area contributed by atoms with E-state index < -0.39 is 18.0 Å². The molecule has 0 N–H and O–H groups in total. The van der Waals surface area contributed by atoms with Gasteiger partial charge in [0.15, 0.2) is 5.79 Å². The summed E-state index contributed by atoms with van der Waals surface area (Å²) in [5.41, 5.74) is 4.99. The van der Waals surface area contributed by atoms with Crippen LogP contribution in [0.2, 0.25) is 0 Å². The number of nitriles is 2. The van der Waals surface area contributed by atoms with E-state index in [1.165, 1.54) is 0 Å². The molecule has 6 rings (SSSR count). The Balaban J connectivity index is 1.50. The van der Waals surface area contributed by atoms with Gasteiger partial charge in [-0.25, -0.2) is 4.79 Å². The van der Waals surface area contributed by atoms with Gasteiger partial charge in [0.05, 0.1) is 35.3 Å². The van der Waals surface area contributed by atoms with Crippen molar-refractivity contribution in [3.05, 3.63) is 143 Å². The summed E-state index contributed by atoms with van der Waals surface area (Å²) in [7, 11) is 0. The molecule has 0 radical (unpaired) electrons. The van der Waals surface area contributed by atoms with Crippen LogP contribution < -0.4 is 0 Å². The van der Waals surface area contributed by atoms with E-state index in [2.05, 4.69) is 36.4 Å². The molecule has 7 heteroatoms. The molecule has 4 atom stereocenters. The molecule has 2 saturated heterocycles. The average molecular weight is 597 g/mol. The minimum absolute atomic E-state index is 0.138. The van der Waals surface area contributed by atoms with Gasteiger partial charge in [0.1, 0.15) is 12.2 Å². The Labute approximate surface area is 264 Å². The fourth-order valence-corrected chi connectivity index (χ4v) is 6.62. The summed E-state index contributed by atoms with van der Waals surface area (Å²) in [5.74, 6) is -0.863. The largest absolute Gasteiger partial charge is 0.342 e. The van der Waals surface area contributed by atoms with E-state index in [9.17, 15) is 10.5 Å². The van der Waals surface area contributed by atoms with E-state index in [-0.39, 0.29) is 18.1 Å². The molecule has 45 heavy (non-hydrogen) atoms. The van der Waals surface area contributed by atoms with E-state index in [1.807, 2.05) is 96.4 Å². The summed E-state index contributed by atoms with van der Waals surface area (Å²) in [6.45, 7) is 4.46. The van der Waals surface area contributed by atoms with Gasteiger partial charge >= 0.3 is 6.03 Å². The number of ether oxygens (including phenoxy) is 2. The van der Waals surface area contributed by atoms with Crippen LogP contribution in [0.25, 0.3) is 0 Å². The topological polar surface area (TPSA) is 89.6 Å². The maximum Gasteiger partial charge on any atom is 0.321 e. The van der Waals surface area contributed by atoms with Gasteiger partial charge in [-0.1, -0.05) is 84.9 Å². The first-order chi connectivity index (χ1) is 21.8. The SMILES string of the molecule is CC1(C)OC2[C@@H](O1)[C@@H](Cc1ccccc1)N(Cc1cccc(C#N)c1)C(=O)N(Cc1cccc(C#N)c1)[C@@H]2Cc1ccccc1. The van der Waals surface area contributed by atoms with E-state index in [0.29, 0.717) is 37.1 Å². The summed E-state index contributed by atoms with van der Waals surface area (Å²) in [5, 5.41) is 19.2. The van der Waals surface area contributed by atoms with Crippen molar-refractivity contribution in [2.45, 2.75) is 69.9 Å². The molecule has 2 heterocycles. The monoisotopic (exact) mass is 596 g/mol. The molecular formula is C38H36N4O3. The highest BCUT2D eigenvalue weighted by molar-refractivity contribution is 5.76. The van der Waals surface area contributed by atoms with Gasteiger partial charge in [-0.05, 0) is 73.2 Å². The maximum atomic E-state index is 15.1. The zero-order valence-corrected chi connectivity index (χ0v) is 25.5. The van der Waals surface area contributed by atoms with Gasteiger partial charge in [-0.2, -0.15) is 10.5 Å². The van der Waals surface area contributed by atoms with Gasteiger partial charge < -0.3 is 19.3 Å². The van der Waals surface area contributed by atoms with Crippen molar-refractivity contribution in [2.75, 3.05) is 0 Å². The Morgan fingerprint density at radius 3 is 1.42 bits per heavy atom. The fraction of sp³-hybridized carbons (Fsp3) is 0.289. The van der Waals surface area contributed by atoms with Crippen LogP contribution in [0.15, 0.2) is 109 Å². The summed E-state index contributed by atoms with van der Waals surface area (Å²) in [6, 6.07) is 38.8. The lowest BCUT2D eigenvalue weighted by molar-refractivity contribution is -0.157. The van der Waals surface area contributed by atoms with Crippen molar-refractivity contribution in [1.29, 1.82) is 10.5 Å². The second-order valence-corrected chi connectivity index (χ2v) is 12.2. The normalized spacial score (nSPS) is 22.3. The zero-order chi connectivity index (χ0) is 31.4. The van der Waals surface area contributed by atoms with E-state index in [0.717, 1.165) is 22.3 Å². The molecule has 2 fully saturated rings. The van der Waals surface area contributed by atoms with Crippen molar-refractivity contribution in [3.63, 3.8) is 0 Å². The Hall–Kier alpha value is -4.95. The molecule has 4 aromatic rings. The summed E-state index contributed by atoms with van der Waals surface area (Å²) in [6.07, 6.45) is 0.293. The van der Waals surface area contributed by atoms with Crippen molar-refractivity contribution in [2.24, 2.45) is 0 Å². The first kappa shape index (κ1) is 30.1. The standard InChI is InChI=1S/C38H36N4O3/c1-38(2)44-35-33(21-27-11-5-3-6-12-27)41(25-31-17-9-15-29(19-31)23-39)37(43)42(26-32-18-10-16-30(20-32)24-40)34(36(35)45-38)22-28-13-7-4-8-14-28/h3-20,33-36H,21-22,25-26H2,1-2H3/t33-,34-,35+,36?/m1/s1. The predicted octanol–water partition coefficient (Wildman–Crippen LogP) is 6.61. The minimum Gasteiger partial charge on any atom is -0.342 e. The molecule has 2 amide bonds. The number of fused-ring (bicyclic) bond motifs is 1. The number of urea groups is 1. The third-order valence-electron chi connectivity index (χ3n) is 8.61. The highest BCUT2D eigenvalue weighted by Gasteiger charge is 2.55. The van der Waals surface area contributed by atoms with Crippen molar-refractivity contribution < 1.29 is 14.3 Å². The third-order valence-corrected chi connectivity index (χ3v) is 8.61. The summed E-state index contributed by atoms with van der Waals surface area (Å²) >= 11 is 0. The number of benzene rings is 4. The van der Waals surface area contributed by atoms with Crippen LogP contribution in [0, 0.1) is 22.7 Å². The van der Waals surface area contributed by atoms with Gasteiger partial charge in [-0.3, -0.25) is 0 Å². The molecule has 0 aromatic heterocycles. The predicted molar refractivity (Wildman–Crippen MR) is 170 cm³/mol. The Morgan fingerprint density at radius 2 is 1.02 bits per heavy atom. The molecule has 0 saturated carbocycles. The van der Waals surface area contributed by atoms with Gasteiger partial charge in [0.2, 0.25) is 0 Å². The van der Waals surface area contributed by atoms with E-state index >= 15 is 4.79 Å². The molecule has 2 aliphatic rings. The lowest BCUT2D eigenvalue weighted by atomic mass is 9.91. The second-order valence-electron chi connectivity index (χ2n) is 12.2. The quantitative estimate of drug-likeness (QED) is 0.228. The lowest BCUT2D eigenvalue weighted by Gasteiger charge is -2.37. The van der Waals surface area contributed by atoms with Crippen LogP contribution in [0.1, 0.15) is 47.2 Å². The summed E-state index contributed by atoms with van der Waals surface area (Å²) < 4.78 is 13.5. The van der Waals surface area contributed by atoms with Gasteiger partial charge in [-0.15, -0.1) is 0 Å². The Bertz CT molecular complexity index is 1600. The van der Waals surface area contributed by atoms with Crippen LogP contribution in [-0.4, -0.2) is 45.9 Å². The molecule has 1 unspecified atom stereocenters. The van der Waals surface area contributed by atoms with Crippen LogP contribution in [-0.2, 0) is 35.4 Å². The first-order valence-electron chi connectivity index (χ1n) is 15.3. The van der Waals surface area contributed by atoms with Gasteiger partial charge in [0, 0.05) is 13.1 Å². The number of carbonyl (C=O) groups excluding carboxylic acids is 1. The molecule has 7 nitrogen and oxygen atoms in total. The average Bonchev–Trinajstić information content (AvgIpc) is 3.36. The second kappa shape index (κ2) is 13.0. The number of amides is 2. The molecule has 2 aliphatic heterocycles. The smallest absolute Gasteiger partial charge is 0.321 e. The number of hydrogen-bond donors (Lipinski definition) is 0. The van der Waals surface area contributed by atoms with Crippen molar-refractivity contribution >= 4 is 6.03 Å². The van der Waals surface area contributed by atoms with Gasteiger partial charge in [0.25, 0.3) is 0 Å². The third kappa shape index (κ3) is 6.76. The first-order valence-corrected chi connectivity index (χ1v) is 15.3. The molecule has 226 valence electrons. The highest BCUT2D eigenvalue weighted by atomic mass is 16.8. The Kier molecular flexibility index (Phi) is 8.67. The molecule has 0 bridgehead atoms.